The standard InChI is InChI=1S/C15H17ClFN3S/c1-18-15(19-9-8-12-6-7-14(16)21-12)20-10-11-4-2-3-5-13(11)17/h2-7H,8-10H2,1H3,(H2,18,19,20). The van der Waals surface area contributed by atoms with Crippen LogP contribution in [0.2, 0.25) is 4.34 Å². The van der Waals surface area contributed by atoms with E-state index in [-0.39, 0.29) is 5.82 Å². The summed E-state index contributed by atoms with van der Waals surface area (Å²) in [6.45, 7) is 1.14. The van der Waals surface area contributed by atoms with Gasteiger partial charge in [-0.05, 0) is 24.6 Å². The maximum atomic E-state index is 13.5. The zero-order valence-corrected chi connectivity index (χ0v) is 13.3. The van der Waals surface area contributed by atoms with E-state index in [2.05, 4.69) is 15.6 Å². The van der Waals surface area contributed by atoms with Crippen molar-refractivity contribution in [2.24, 2.45) is 4.99 Å². The summed E-state index contributed by atoms with van der Waals surface area (Å²) in [4.78, 5) is 5.34. The van der Waals surface area contributed by atoms with Gasteiger partial charge in [0.25, 0.3) is 0 Å². The van der Waals surface area contributed by atoms with Gasteiger partial charge in [-0.25, -0.2) is 4.39 Å². The average molecular weight is 326 g/mol. The number of aliphatic imine (C=N–C) groups is 1. The number of guanidine groups is 1. The molecule has 0 bridgehead atoms. The Morgan fingerprint density at radius 3 is 2.71 bits per heavy atom. The zero-order valence-electron chi connectivity index (χ0n) is 11.7. The van der Waals surface area contributed by atoms with Gasteiger partial charge in [0, 0.05) is 30.6 Å². The first-order valence-electron chi connectivity index (χ1n) is 6.61. The molecule has 3 nitrogen and oxygen atoms in total. The fourth-order valence-corrected chi connectivity index (χ4v) is 2.92. The Hall–Kier alpha value is -1.59. The number of thiophene rings is 1. The van der Waals surface area contributed by atoms with Crippen molar-refractivity contribution < 1.29 is 4.39 Å². The van der Waals surface area contributed by atoms with Gasteiger partial charge in [-0.15, -0.1) is 11.3 Å². The predicted molar refractivity (Wildman–Crippen MR) is 87.6 cm³/mol. The average Bonchev–Trinajstić information content (AvgIpc) is 2.90. The monoisotopic (exact) mass is 325 g/mol. The summed E-state index contributed by atoms with van der Waals surface area (Å²) in [5, 5.41) is 6.29. The summed E-state index contributed by atoms with van der Waals surface area (Å²) in [5.41, 5.74) is 0.616. The third-order valence-corrected chi connectivity index (χ3v) is 4.21. The van der Waals surface area contributed by atoms with Crippen LogP contribution >= 0.6 is 22.9 Å². The smallest absolute Gasteiger partial charge is 0.191 e. The van der Waals surface area contributed by atoms with E-state index < -0.39 is 0 Å². The van der Waals surface area contributed by atoms with E-state index >= 15 is 0 Å². The molecule has 0 saturated carbocycles. The van der Waals surface area contributed by atoms with Crippen molar-refractivity contribution in [3.05, 3.63) is 57.0 Å². The molecular weight excluding hydrogens is 309 g/mol. The van der Waals surface area contributed by atoms with Gasteiger partial charge in [0.05, 0.1) is 4.34 Å². The highest BCUT2D eigenvalue weighted by Crippen LogP contribution is 2.21. The molecule has 0 unspecified atom stereocenters. The summed E-state index contributed by atoms with van der Waals surface area (Å²) in [6, 6.07) is 10.6. The van der Waals surface area contributed by atoms with E-state index in [1.54, 1.807) is 30.5 Å². The number of halogens is 2. The third-order valence-electron chi connectivity index (χ3n) is 2.92. The number of rotatable bonds is 5. The topological polar surface area (TPSA) is 36.4 Å². The molecule has 0 fully saturated rings. The Kier molecular flexibility index (Phi) is 6.02. The fourth-order valence-electron chi connectivity index (χ4n) is 1.83. The summed E-state index contributed by atoms with van der Waals surface area (Å²) < 4.78 is 14.3. The predicted octanol–water partition coefficient (Wildman–Crippen LogP) is 3.45. The molecule has 0 amide bonds. The highest BCUT2D eigenvalue weighted by molar-refractivity contribution is 7.16. The molecular formula is C15H17ClFN3S. The Morgan fingerprint density at radius 1 is 1.24 bits per heavy atom. The number of hydrogen-bond acceptors (Lipinski definition) is 2. The van der Waals surface area contributed by atoms with E-state index in [0.717, 1.165) is 17.3 Å². The number of nitrogens with zero attached hydrogens (tertiary/aromatic N) is 1. The lowest BCUT2D eigenvalue weighted by Crippen LogP contribution is -2.37. The molecule has 2 aromatic rings. The van der Waals surface area contributed by atoms with Crippen LogP contribution in [0, 0.1) is 5.82 Å². The SMILES string of the molecule is CN=C(NCCc1ccc(Cl)s1)NCc1ccccc1F. The minimum Gasteiger partial charge on any atom is -0.356 e. The molecule has 1 heterocycles. The van der Waals surface area contributed by atoms with Crippen LogP contribution in [-0.4, -0.2) is 19.6 Å². The highest BCUT2D eigenvalue weighted by atomic mass is 35.5. The van der Waals surface area contributed by atoms with E-state index in [1.807, 2.05) is 18.2 Å². The van der Waals surface area contributed by atoms with Crippen LogP contribution in [0.1, 0.15) is 10.4 Å². The molecule has 0 spiro atoms. The molecule has 21 heavy (non-hydrogen) atoms. The summed E-state index contributed by atoms with van der Waals surface area (Å²) in [6.07, 6.45) is 0.873. The van der Waals surface area contributed by atoms with Crippen molar-refractivity contribution in [3.8, 4) is 0 Å². The van der Waals surface area contributed by atoms with Crippen molar-refractivity contribution in [1.82, 2.24) is 10.6 Å². The second kappa shape index (κ2) is 8.00. The van der Waals surface area contributed by atoms with E-state index in [4.69, 9.17) is 11.6 Å². The highest BCUT2D eigenvalue weighted by Gasteiger charge is 2.03. The second-order valence-corrected chi connectivity index (χ2v) is 6.20. The van der Waals surface area contributed by atoms with Crippen molar-refractivity contribution >= 4 is 28.9 Å². The molecule has 0 aliphatic rings. The maximum absolute atomic E-state index is 13.5. The molecule has 1 aromatic heterocycles. The second-order valence-electron chi connectivity index (χ2n) is 4.40. The molecule has 1 aromatic carbocycles. The largest absolute Gasteiger partial charge is 0.356 e. The van der Waals surface area contributed by atoms with Crippen LogP contribution in [-0.2, 0) is 13.0 Å². The third kappa shape index (κ3) is 5.02. The lowest BCUT2D eigenvalue weighted by Gasteiger charge is -2.11. The summed E-state index contributed by atoms with van der Waals surface area (Å²) in [7, 11) is 1.69. The van der Waals surface area contributed by atoms with Crippen molar-refractivity contribution in [2.75, 3.05) is 13.6 Å². The van der Waals surface area contributed by atoms with E-state index in [9.17, 15) is 4.39 Å². The first-order chi connectivity index (χ1) is 10.2. The van der Waals surface area contributed by atoms with Gasteiger partial charge >= 0.3 is 0 Å². The van der Waals surface area contributed by atoms with Crippen molar-refractivity contribution in [2.45, 2.75) is 13.0 Å². The maximum Gasteiger partial charge on any atom is 0.191 e. The van der Waals surface area contributed by atoms with Gasteiger partial charge in [0.2, 0.25) is 0 Å². The first-order valence-corrected chi connectivity index (χ1v) is 7.80. The van der Waals surface area contributed by atoms with Crippen LogP contribution in [0.3, 0.4) is 0 Å². The zero-order chi connectivity index (χ0) is 15.1. The van der Waals surface area contributed by atoms with Crippen LogP contribution < -0.4 is 10.6 Å². The molecule has 2 N–H and O–H groups in total. The van der Waals surface area contributed by atoms with Crippen LogP contribution in [0.15, 0.2) is 41.4 Å². The molecule has 2 rings (SSSR count). The van der Waals surface area contributed by atoms with Gasteiger partial charge in [-0.3, -0.25) is 4.99 Å². The fraction of sp³-hybridized carbons (Fsp3) is 0.267. The Labute approximate surface area is 132 Å². The van der Waals surface area contributed by atoms with Crippen molar-refractivity contribution in [1.29, 1.82) is 0 Å². The summed E-state index contributed by atoms with van der Waals surface area (Å²) in [5.74, 6) is 0.439. The van der Waals surface area contributed by atoms with E-state index in [0.29, 0.717) is 18.1 Å². The Bertz CT molecular complexity index is 612. The minimum atomic E-state index is -0.214. The summed E-state index contributed by atoms with van der Waals surface area (Å²) >= 11 is 7.46. The van der Waals surface area contributed by atoms with Gasteiger partial charge in [0.1, 0.15) is 5.82 Å². The molecule has 0 radical (unpaired) electrons. The van der Waals surface area contributed by atoms with Gasteiger partial charge in [-0.2, -0.15) is 0 Å². The van der Waals surface area contributed by atoms with Crippen molar-refractivity contribution in [3.63, 3.8) is 0 Å². The number of benzene rings is 1. The van der Waals surface area contributed by atoms with Gasteiger partial charge in [-0.1, -0.05) is 29.8 Å². The number of hydrogen-bond donors (Lipinski definition) is 2. The lowest BCUT2D eigenvalue weighted by molar-refractivity contribution is 0.604. The molecule has 0 atom stereocenters. The van der Waals surface area contributed by atoms with Gasteiger partial charge < -0.3 is 10.6 Å². The number of nitrogens with one attached hydrogen (secondary N) is 2. The van der Waals surface area contributed by atoms with Gasteiger partial charge in [0.15, 0.2) is 5.96 Å². The normalized spacial score (nSPS) is 11.5. The molecule has 6 heteroatoms. The molecule has 112 valence electrons. The minimum absolute atomic E-state index is 0.214. The Balaban J connectivity index is 1.77. The van der Waals surface area contributed by atoms with E-state index in [1.165, 1.54) is 10.9 Å². The Morgan fingerprint density at radius 2 is 2.05 bits per heavy atom. The van der Waals surface area contributed by atoms with Crippen LogP contribution in [0.25, 0.3) is 0 Å². The molecule has 0 aliphatic carbocycles. The lowest BCUT2D eigenvalue weighted by atomic mass is 10.2. The first kappa shape index (κ1) is 15.8. The van der Waals surface area contributed by atoms with Crippen LogP contribution in [0.5, 0.6) is 0 Å². The molecule has 0 aliphatic heterocycles. The quantitative estimate of drug-likeness (QED) is 0.652. The van der Waals surface area contributed by atoms with Crippen LogP contribution in [0.4, 0.5) is 4.39 Å². The molecule has 0 saturated heterocycles.